The molecule has 9 nitrogen and oxygen atoms in total. The third-order valence-corrected chi connectivity index (χ3v) is 10.8. The summed E-state index contributed by atoms with van der Waals surface area (Å²) in [5.41, 5.74) is 0.439. The molecule has 1 aromatic heterocycles. The molecule has 1 aromatic carbocycles. The molecule has 0 bridgehead atoms. The summed E-state index contributed by atoms with van der Waals surface area (Å²) in [5, 5.41) is 2.64. The van der Waals surface area contributed by atoms with Gasteiger partial charge in [0.2, 0.25) is 0 Å². The van der Waals surface area contributed by atoms with Crippen molar-refractivity contribution in [1.29, 1.82) is 0 Å². The average molecular weight is 575 g/mol. The highest BCUT2D eigenvalue weighted by atomic mass is 32.2. The number of piperazine rings is 1. The molecule has 4 rings (SSSR count). The topological polar surface area (TPSA) is 117 Å². The number of sulfonamides is 1. The number of carbonyl (C=O) groups is 1. The van der Waals surface area contributed by atoms with Gasteiger partial charge in [0.1, 0.15) is 12.3 Å². The van der Waals surface area contributed by atoms with Crippen molar-refractivity contribution < 1.29 is 30.4 Å². The van der Waals surface area contributed by atoms with Gasteiger partial charge in [-0.25, -0.2) is 30.6 Å². The maximum absolute atomic E-state index is 13.8. The number of amides is 1. The second-order valence-corrected chi connectivity index (χ2v) is 14.5. The fourth-order valence-corrected chi connectivity index (χ4v) is 7.52. The first-order valence-electron chi connectivity index (χ1n) is 11.6. The largest absolute Gasteiger partial charge is 0.304 e. The van der Waals surface area contributed by atoms with Crippen molar-refractivity contribution >= 4 is 47.8 Å². The molecule has 2 heterocycles. The quantitative estimate of drug-likeness (QED) is 0.506. The molecule has 0 spiro atoms. The van der Waals surface area contributed by atoms with Crippen LogP contribution in [-0.4, -0.2) is 88.8 Å². The SMILES string of the molecule is CN1CCN(S(=O)(=O)c2cnc(NC(=O)/C(=C/C3C[C@@H](F)[C@@H](F)C3)c3ccc(S(C)(=O)=O)cc3)s2)CC1. The van der Waals surface area contributed by atoms with E-state index in [-0.39, 0.29) is 32.7 Å². The van der Waals surface area contributed by atoms with Gasteiger partial charge in [0.25, 0.3) is 15.9 Å². The molecule has 2 aliphatic rings. The normalized spacial score (nSPS) is 24.3. The van der Waals surface area contributed by atoms with Crippen LogP contribution in [0.3, 0.4) is 0 Å². The number of nitrogens with zero attached hydrogens (tertiary/aromatic N) is 3. The Hall–Kier alpha value is -2.26. The number of alkyl halides is 2. The number of nitrogens with one attached hydrogen (secondary N) is 1. The number of likely N-dealkylation sites (N-methyl/N-ethyl adjacent to an activating group) is 1. The van der Waals surface area contributed by atoms with Crippen LogP contribution >= 0.6 is 11.3 Å². The number of sulfone groups is 1. The number of carbonyl (C=O) groups excluding carboxylic acids is 1. The van der Waals surface area contributed by atoms with E-state index in [2.05, 4.69) is 10.3 Å². The van der Waals surface area contributed by atoms with Crippen molar-refractivity contribution in [3.63, 3.8) is 0 Å². The van der Waals surface area contributed by atoms with Crippen LogP contribution in [0.25, 0.3) is 5.57 Å². The zero-order chi connectivity index (χ0) is 27.0. The molecular formula is C23H28F2N4O5S3. The Labute approximate surface area is 219 Å². The van der Waals surface area contributed by atoms with Gasteiger partial charge >= 0.3 is 0 Å². The lowest BCUT2D eigenvalue weighted by Gasteiger charge is -2.30. The minimum absolute atomic E-state index is 0.00766. The number of benzene rings is 1. The molecule has 1 saturated heterocycles. The molecule has 1 unspecified atom stereocenters. The van der Waals surface area contributed by atoms with E-state index in [1.54, 1.807) is 0 Å². The maximum Gasteiger partial charge on any atom is 0.257 e. The lowest BCUT2D eigenvalue weighted by atomic mass is 9.98. The molecule has 2 aromatic rings. The van der Waals surface area contributed by atoms with Crippen LogP contribution in [0.1, 0.15) is 18.4 Å². The van der Waals surface area contributed by atoms with Crippen molar-refractivity contribution in [3.8, 4) is 0 Å². The first-order valence-corrected chi connectivity index (χ1v) is 15.8. The van der Waals surface area contributed by atoms with Gasteiger partial charge in [-0.3, -0.25) is 10.1 Å². The summed E-state index contributed by atoms with van der Waals surface area (Å²) in [4.78, 5) is 19.4. The number of thiazole rings is 1. The lowest BCUT2D eigenvalue weighted by molar-refractivity contribution is -0.111. The maximum atomic E-state index is 13.8. The second kappa shape index (κ2) is 10.8. The Kier molecular flexibility index (Phi) is 8.14. The summed E-state index contributed by atoms with van der Waals surface area (Å²) in [5.74, 6) is -1.19. The molecular weight excluding hydrogens is 546 g/mol. The molecule has 0 radical (unpaired) electrons. The van der Waals surface area contributed by atoms with Gasteiger partial charge in [0.05, 0.1) is 11.1 Å². The van der Waals surface area contributed by atoms with E-state index < -0.39 is 44.0 Å². The summed E-state index contributed by atoms with van der Waals surface area (Å²) >= 11 is 0.812. The molecule has 3 atom stereocenters. The predicted octanol–water partition coefficient (Wildman–Crippen LogP) is 2.59. The number of hydrogen-bond acceptors (Lipinski definition) is 8. The van der Waals surface area contributed by atoms with Crippen LogP contribution in [0.4, 0.5) is 13.9 Å². The summed E-state index contributed by atoms with van der Waals surface area (Å²) < 4.78 is 78.6. The summed E-state index contributed by atoms with van der Waals surface area (Å²) in [6.07, 6.45) is 0.319. The average Bonchev–Trinajstić information content (AvgIpc) is 3.43. The summed E-state index contributed by atoms with van der Waals surface area (Å²) in [6, 6.07) is 5.59. The van der Waals surface area contributed by atoms with Gasteiger partial charge in [-0.05, 0) is 43.5 Å². The first kappa shape index (κ1) is 27.8. The van der Waals surface area contributed by atoms with Crippen LogP contribution in [0.2, 0.25) is 0 Å². The zero-order valence-corrected chi connectivity index (χ0v) is 22.8. The second-order valence-electron chi connectivity index (χ2n) is 9.29. The van der Waals surface area contributed by atoms with Crippen LogP contribution < -0.4 is 5.32 Å². The number of halogens is 2. The smallest absolute Gasteiger partial charge is 0.257 e. The zero-order valence-electron chi connectivity index (χ0n) is 20.3. The predicted molar refractivity (Wildman–Crippen MR) is 137 cm³/mol. The number of rotatable bonds is 7. The van der Waals surface area contributed by atoms with E-state index in [1.165, 1.54) is 40.8 Å². The summed E-state index contributed by atoms with van der Waals surface area (Å²) in [6.45, 7) is 1.91. The highest BCUT2D eigenvalue weighted by molar-refractivity contribution is 7.91. The van der Waals surface area contributed by atoms with Crippen molar-refractivity contribution in [2.24, 2.45) is 5.92 Å². The van der Waals surface area contributed by atoms with E-state index in [9.17, 15) is 30.4 Å². The fourth-order valence-electron chi connectivity index (χ4n) is 4.28. The minimum atomic E-state index is -3.77. The van der Waals surface area contributed by atoms with E-state index in [0.717, 1.165) is 17.6 Å². The Balaban J connectivity index is 1.58. The van der Waals surface area contributed by atoms with Gasteiger partial charge in [-0.2, -0.15) is 4.31 Å². The molecule has 1 amide bonds. The number of aromatic nitrogens is 1. The van der Waals surface area contributed by atoms with Crippen molar-refractivity contribution in [2.75, 3.05) is 44.8 Å². The number of allylic oxidation sites excluding steroid dienone is 1. The first-order chi connectivity index (χ1) is 17.3. The summed E-state index contributed by atoms with van der Waals surface area (Å²) in [7, 11) is -5.32. The monoisotopic (exact) mass is 574 g/mol. The third kappa shape index (κ3) is 6.42. The third-order valence-electron chi connectivity index (χ3n) is 6.45. The van der Waals surface area contributed by atoms with Gasteiger partial charge < -0.3 is 4.90 Å². The fraction of sp³-hybridized carbons (Fsp3) is 0.478. The van der Waals surface area contributed by atoms with E-state index in [4.69, 9.17) is 0 Å². The highest BCUT2D eigenvalue weighted by Crippen LogP contribution is 2.34. The van der Waals surface area contributed by atoms with Crippen molar-refractivity contribution in [3.05, 3.63) is 42.1 Å². The lowest BCUT2D eigenvalue weighted by Crippen LogP contribution is -2.46. The van der Waals surface area contributed by atoms with Crippen LogP contribution in [0.15, 0.2) is 45.6 Å². The number of hydrogen-bond donors (Lipinski definition) is 1. The van der Waals surface area contributed by atoms with Crippen molar-refractivity contribution in [2.45, 2.75) is 34.3 Å². The van der Waals surface area contributed by atoms with E-state index in [0.29, 0.717) is 31.7 Å². The van der Waals surface area contributed by atoms with E-state index >= 15 is 0 Å². The van der Waals surface area contributed by atoms with Gasteiger partial charge in [-0.15, -0.1) is 0 Å². The van der Waals surface area contributed by atoms with Crippen molar-refractivity contribution in [1.82, 2.24) is 14.2 Å². The van der Waals surface area contributed by atoms with Gasteiger partial charge in [-0.1, -0.05) is 29.5 Å². The standard InChI is InChI=1S/C23H28F2N4O5S3/c1-28-7-9-29(10-8-28)37(33,34)21-14-26-23(35-21)27-22(30)18(11-15-12-19(24)20(25)13-15)16-3-5-17(6-4-16)36(2,31)32/h3-6,11,14-15,19-20H,7-10,12-13H2,1-2H3,(H,26,27,30)/b18-11+/t15?,19-,20+. The Morgan fingerprint density at radius 2 is 1.65 bits per heavy atom. The Morgan fingerprint density at radius 3 is 2.22 bits per heavy atom. The van der Waals surface area contributed by atoms with Gasteiger partial charge in [0.15, 0.2) is 19.2 Å². The van der Waals surface area contributed by atoms with Crippen LogP contribution in [0, 0.1) is 5.92 Å². The molecule has 202 valence electrons. The van der Waals surface area contributed by atoms with Crippen LogP contribution in [-0.2, 0) is 24.7 Å². The highest BCUT2D eigenvalue weighted by Gasteiger charge is 2.34. The molecule has 1 aliphatic heterocycles. The van der Waals surface area contributed by atoms with Gasteiger partial charge in [0, 0.05) is 38.0 Å². The molecule has 37 heavy (non-hydrogen) atoms. The molecule has 1 saturated carbocycles. The minimum Gasteiger partial charge on any atom is -0.304 e. The molecule has 2 fully saturated rings. The Bertz CT molecular complexity index is 1380. The van der Waals surface area contributed by atoms with E-state index in [1.807, 2.05) is 11.9 Å². The Morgan fingerprint density at radius 1 is 1.05 bits per heavy atom. The van der Waals surface area contributed by atoms with Crippen LogP contribution in [0.5, 0.6) is 0 Å². The number of anilines is 1. The molecule has 14 heteroatoms. The molecule has 1 N–H and O–H groups in total. The molecule has 1 aliphatic carbocycles.